The van der Waals surface area contributed by atoms with Gasteiger partial charge in [-0.25, -0.2) is 14.3 Å². The molecule has 0 saturated heterocycles. The second-order valence-corrected chi connectivity index (χ2v) is 8.70. The fourth-order valence-electron chi connectivity index (χ4n) is 4.05. The highest BCUT2D eigenvalue weighted by Gasteiger charge is 2.25. The van der Waals surface area contributed by atoms with Gasteiger partial charge in [-0.15, -0.1) is 0 Å². The van der Waals surface area contributed by atoms with Gasteiger partial charge in [-0.2, -0.15) is 10.4 Å². The molecule has 0 radical (unpaired) electrons. The van der Waals surface area contributed by atoms with Crippen LogP contribution < -0.4 is 21.9 Å². The molecule has 0 unspecified atom stereocenters. The van der Waals surface area contributed by atoms with E-state index in [1.54, 1.807) is 4.52 Å². The van der Waals surface area contributed by atoms with Gasteiger partial charge in [0.05, 0.1) is 12.8 Å². The second kappa shape index (κ2) is 10.5. The maximum atomic E-state index is 13.4. The molecule has 0 bridgehead atoms. The van der Waals surface area contributed by atoms with E-state index in [4.69, 9.17) is 10.5 Å². The van der Waals surface area contributed by atoms with Crippen molar-refractivity contribution in [3.63, 3.8) is 0 Å². The van der Waals surface area contributed by atoms with Crippen LogP contribution in [0.15, 0.2) is 15.8 Å². The van der Waals surface area contributed by atoms with E-state index in [1.807, 2.05) is 27.7 Å². The number of aromatic amines is 1. The second-order valence-electron chi connectivity index (χ2n) is 8.70. The van der Waals surface area contributed by atoms with Gasteiger partial charge in [0.1, 0.15) is 17.5 Å². The molecule has 12 nitrogen and oxygen atoms in total. The van der Waals surface area contributed by atoms with Gasteiger partial charge in [0, 0.05) is 38.0 Å². The number of hydrogen-bond donors (Lipinski definition) is 2. The van der Waals surface area contributed by atoms with E-state index in [9.17, 15) is 19.6 Å². The van der Waals surface area contributed by atoms with E-state index in [2.05, 4.69) is 21.1 Å². The topological polar surface area (TPSA) is 164 Å². The van der Waals surface area contributed by atoms with Crippen LogP contribution in [-0.4, -0.2) is 50.3 Å². The van der Waals surface area contributed by atoms with Crippen molar-refractivity contribution in [1.29, 1.82) is 5.26 Å². The number of aromatic nitrogens is 5. The SMILES string of the molecule is COCCN(C(=O)CCc1c(C)nc2c(C#N)cnn2c1C)c1c(N)n(CC(C)C)c(=O)[nH]c1=O. The number of nitriles is 1. The van der Waals surface area contributed by atoms with Gasteiger partial charge in [0.15, 0.2) is 11.3 Å². The molecule has 0 saturated carbocycles. The molecule has 0 aliphatic rings. The van der Waals surface area contributed by atoms with Gasteiger partial charge in [-0.1, -0.05) is 13.8 Å². The van der Waals surface area contributed by atoms with Crippen LogP contribution in [0.1, 0.15) is 42.8 Å². The number of carbonyl (C=O) groups is 1. The molecule has 3 heterocycles. The van der Waals surface area contributed by atoms with Gasteiger partial charge in [-0.05, 0) is 31.7 Å². The van der Waals surface area contributed by atoms with Crippen LogP contribution >= 0.6 is 0 Å². The van der Waals surface area contributed by atoms with Crippen LogP contribution in [0.2, 0.25) is 0 Å². The van der Waals surface area contributed by atoms with E-state index in [-0.39, 0.29) is 42.9 Å². The fraction of sp³-hybridized carbons (Fsp3) is 0.478. The molecule has 186 valence electrons. The summed E-state index contributed by atoms with van der Waals surface area (Å²) in [6, 6.07) is 2.07. The molecule has 12 heteroatoms. The van der Waals surface area contributed by atoms with E-state index in [0.717, 1.165) is 11.3 Å². The molecule has 3 rings (SSSR count). The predicted molar refractivity (Wildman–Crippen MR) is 130 cm³/mol. The number of nitrogens with zero attached hydrogens (tertiary/aromatic N) is 6. The maximum Gasteiger partial charge on any atom is 0.330 e. The lowest BCUT2D eigenvalue weighted by molar-refractivity contribution is -0.118. The van der Waals surface area contributed by atoms with Crippen molar-refractivity contribution in [3.8, 4) is 6.07 Å². The molecule has 3 aromatic rings. The number of ether oxygens (including phenoxy) is 1. The first-order chi connectivity index (χ1) is 16.6. The summed E-state index contributed by atoms with van der Waals surface area (Å²) in [6.45, 7) is 8.04. The van der Waals surface area contributed by atoms with Crippen LogP contribution in [0.5, 0.6) is 0 Å². The number of nitrogen functional groups attached to an aromatic ring is 1. The Hall–Kier alpha value is -3.98. The molecule has 1 amide bonds. The monoisotopic (exact) mass is 482 g/mol. The minimum Gasteiger partial charge on any atom is -0.383 e. The molecule has 3 aromatic heterocycles. The van der Waals surface area contributed by atoms with Gasteiger partial charge in [0.2, 0.25) is 5.91 Å². The summed E-state index contributed by atoms with van der Waals surface area (Å²) in [6.07, 6.45) is 1.83. The Kier molecular flexibility index (Phi) is 7.71. The summed E-state index contributed by atoms with van der Waals surface area (Å²) in [5.41, 5.74) is 7.93. The Labute approximate surface area is 201 Å². The number of hydrogen-bond acceptors (Lipinski definition) is 8. The van der Waals surface area contributed by atoms with Crippen molar-refractivity contribution in [1.82, 2.24) is 24.1 Å². The zero-order valence-corrected chi connectivity index (χ0v) is 20.6. The average molecular weight is 483 g/mol. The molecule has 0 atom stereocenters. The highest BCUT2D eigenvalue weighted by atomic mass is 16.5. The number of rotatable bonds is 9. The van der Waals surface area contributed by atoms with Gasteiger partial charge < -0.3 is 15.4 Å². The molecular weight excluding hydrogens is 452 g/mol. The first kappa shape index (κ1) is 25.6. The van der Waals surface area contributed by atoms with Crippen molar-refractivity contribution >= 4 is 23.1 Å². The van der Waals surface area contributed by atoms with Crippen molar-refractivity contribution in [3.05, 3.63) is 49.5 Å². The van der Waals surface area contributed by atoms with Crippen molar-refractivity contribution in [2.24, 2.45) is 5.92 Å². The third-order valence-electron chi connectivity index (χ3n) is 5.77. The standard InChI is InChI=1S/C23H30N8O4/c1-13(2)12-30-20(25)19(22(33)28-23(30)34)29(8-9-35-5)18(32)7-6-17-14(3)27-21-16(10-24)11-26-31(21)15(17)4/h11,13H,6-9,12,25H2,1-5H3,(H,28,33,34). The number of H-pyrrole nitrogens is 1. The quantitative estimate of drug-likeness (QED) is 0.454. The zero-order valence-electron chi connectivity index (χ0n) is 20.6. The number of methoxy groups -OCH3 is 1. The molecule has 0 aromatic carbocycles. The first-order valence-corrected chi connectivity index (χ1v) is 11.3. The van der Waals surface area contributed by atoms with E-state index in [0.29, 0.717) is 29.9 Å². The van der Waals surface area contributed by atoms with Crippen molar-refractivity contribution in [2.45, 2.75) is 47.1 Å². The maximum absolute atomic E-state index is 13.4. The van der Waals surface area contributed by atoms with Gasteiger partial charge in [-0.3, -0.25) is 19.1 Å². The summed E-state index contributed by atoms with van der Waals surface area (Å²) in [5.74, 6) is -0.326. The summed E-state index contributed by atoms with van der Waals surface area (Å²) < 4.78 is 7.99. The number of carbonyl (C=O) groups excluding carboxylic acids is 1. The fourth-order valence-corrected chi connectivity index (χ4v) is 4.05. The minimum absolute atomic E-state index is 0.0488. The van der Waals surface area contributed by atoms with E-state index in [1.165, 1.54) is 22.8 Å². The third-order valence-corrected chi connectivity index (χ3v) is 5.77. The minimum atomic E-state index is -0.729. The normalized spacial score (nSPS) is 11.2. The Morgan fingerprint density at radius 2 is 2.06 bits per heavy atom. The number of nitrogens with two attached hydrogens (primary N) is 1. The molecule has 0 fully saturated rings. The average Bonchev–Trinajstić information content (AvgIpc) is 3.21. The molecule has 35 heavy (non-hydrogen) atoms. The van der Waals surface area contributed by atoms with Crippen LogP contribution in [0.25, 0.3) is 5.65 Å². The highest BCUT2D eigenvalue weighted by Crippen LogP contribution is 2.21. The largest absolute Gasteiger partial charge is 0.383 e. The number of amides is 1. The number of aryl methyl sites for hydroxylation is 2. The summed E-state index contributed by atoms with van der Waals surface area (Å²) in [4.78, 5) is 46.5. The first-order valence-electron chi connectivity index (χ1n) is 11.3. The summed E-state index contributed by atoms with van der Waals surface area (Å²) in [5, 5.41) is 13.5. The molecule has 3 N–H and O–H groups in total. The lowest BCUT2D eigenvalue weighted by Gasteiger charge is -2.25. The molecular formula is C23H30N8O4. The van der Waals surface area contributed by atoms with E-state index >= 15 is 0 Å². The van der Waals surface area contributed by atoms with Crippen LogP contribution in [-0.2, 0) is 22.5 Å². The zero-order chi connectivity index (χ0) is 25.9. The smallest absolute Gasteiger partial charge is 0.330 e. The molecule has 0 aliphatic heterocycles. The Balaban J connectivity index is 1.96. The van der Waals surface area contributed by atoms with Gasteiger partial charge in [0.25, 0.3) is 5.56 Å². The van der Waals surface area contributed by atoms with Crippen molar-refractivity contribution < 1.29 is 9.53 Å². The number of fused-ring (bicyclic) bond motifs is 1. The number of nitrogens with one attached hydrogen (secondary N) is 1. The Bertz CT molecular complexity index is 1410. The lowest BCUT2D eigenvalue weighted by atomic mass is 10.1. The summed E-state index contributed by atoms with van der Waals surface area (Å²) >= 11 is 0. The van der Waals surface area contributed by atoms with Gasteiger partial charge >= 0.3 is 5.69 Å². The highest BCUT2D eigenvalue weighted by molar-refractivity contribution is 5.95. The van der Waals surface area contributed by atoms with E-state index < -0.39 is 11.2 Å². The van der Waals surface area contributed by atoms with Crippen LogP contribution in [0, 0.1) is 31.1 Å². The Morgan fingerprint density at radius 3 is 2.69 bits per heavy atom. The predicted octanol–water partition coefficient (Wildman–Crippen LogP) is 0.918. The lowest BCUT2D eigenvalue weighted by Crippen LogP contribution is -2.43. The molecule has 0 spiro atoms. The van der Waals surface area contributed by atoms with Crippen LogP contribution in [0.3, 0.4) is 0 Å². The number of anilines is 2. The third kappa shape index (κ3) is 5.09. The Morgan fingerprint density at radius 1 is 1.34 bits per heavy atom. The summed E-state index contributed by atoms with van der Waals surface area (Å²) in [7, 11) is 1.49. The van der Waals surface area contributed by atoms with Crippen LogP contribution in [0.4, 0.5) is 11.5 Å². The van der Waals surface area contributed by atoms with Crippen molar-refractivity contribution in [2.75, 3.05) is 30.9 Å². The molecule has 0 aliphatic carbocycles.